The van der Waals surface area contributed by atoms with Crippen molar-refractivity contribution < 1.29 is 12.6 Å². The van der Waals surface area contributed by atoms with Crippen LogP contribution in [-0.2, 0) is 14.3 Å². The van der Waals surface area contributed by atoms with E-state index in [2.05, 4.69) is 29.2 Å². The van der Waals surface area contributed by atoms with Crippen LogP contribution in [0.5, 0.6) is 0 Å². The normalized spacial score (nSPS) is 19.5. The van der Waals surface area contributed by atoms with Crippen LogP contribution >= 0.6 is 0 Å². The Morgan fingerprint density at radius 1 is 1.00 bits per heavy atom. The van der Waals surface area contributed by atoms with Gasteiger partial charge in [-0.25, -0.2) is 0 Å². The summed E-state index contributed by atoms with van der Waals surface area (Å²) in [5, 5.41) is 0. The standard InChI is InChI=1S/C19H23NO3S/c1-24(21,22)23-18-13-8-14-20(15-18)19(16-9-4-2-5-10-16)17-11-6-3-7-12-17/h2-7,9-12,18-19H,8,13-15H2,1H3. The molecule has 0 bridgehead atoms. The van der Waals surface area contributed by atoms with Gasteiger partial charge in [0.2, 0.25) is 0 Å². The van der Waals surface area contributed by atoms with Crippen LogP contribution in [0.4, 0.5) is 0 Å². The predicted octanol–water partition coefficient (Wildman–Crippen LogP) is 3.22. The van der Waals surface area contributed by atoms with E-state index in [1.54, 1.807) is 0 Å². The smallest absolute Gasteiger partial charge is 0.264 e. The average molecular weight is 345 g/mol. The molecule has 5 heteroatoms. The van der Waals surface area contributed by atoms with E-state index in [1.165, 1.54) is 11.1 Å². The van der Waals surface area contributed by atoms with Gasteiger partial charge in [0.15, 0.2) is 0 Å². The number of piperidine rings is 1. The minimum absolute atomic E-state index is 0.110. The van der Waals surface area contributed by atoms with E-state index in [4.69, 9.17) is 4.18 Å². The van der Waals surface area contributed by atoms with Gasteiger partial charge in [0.25, 0.3) is 10.1 Å². The Bertz CT molecular complexity index is 707. The third-order valence-electron chi connectivity index (χ3n) is 4.32. The van der Waals surface area contributed by atoms with Crippen LogP contribution in [-0.4, -0.2) is 38.8 Å². The Labute approximate surface area is 144 Å². The molecule has 1 aliphatic rings. The highest BCUT2D eigenvalue weighted by Gasteiger charge is 2.30. The molecule has 24 heavy (non-hydrogen) atoms. The van der Waals surface area contributed by atoms with Crippen LogP contribution < -0.4 is 0 Å². The second kappa shape index (κ2) is 7.47. The first-order chi connectivity index (χ1) is 11.5. The molecule has 3 rings (SSSR count). The van der Waals surface area contributed by atoms with Crippen molar-refractivity contribution >= 4 is 10.1 Å². The van der Waals surface area contributed by atoms with Gasteiger partial charge in [-0.05, 0) is 30.5 Å². The quantitative estimate of drug-likeness (QED) is 0.781. The summed E-state index contributed by atoms with van der Waals surface area (Å²) in [5.41, 5.74) is 2.42. The minimum atomic E-state index is -3.43. The zero-order chi connectivity index (χ0) is 17.0. The molecule has 1 heterocycles. The predicted molar refractivity (Wildman–Crippen MR) is 95.3 cm³/mol. The van der Waals surface area contributed by atoms with E-state index in [-0.39, 0.29) is 12.1 Å². The molecule has 0 aliphatic carbocycles. The highest BCUT2D eigenvalue weighted by atomic mass is 32.2. The van der Waals surface area contributed by atoms with Gasteiger partial charge in [-0.3, -0.25) is 9.08 Å². The van der Waals surface area contributed by atoms with Crippen molar-refractivity contribution in [2.75, 3.05) is 19.3 Å². The molecule has 0 aromatic heterocycles. The fraction of sp³-hybridized carbons (Fsp3) is 0.368. The maximum absolute atomic E-state index is 11.5. The van der Waals surface area contributed by atoms with Gasteiger partial charge in [-0.15, -0.1) is 0 Å². The highest BCUT2D eigenvalue weighted by molar-refractivity contribution is 7.86. The third-order valence-corrected chi connectivity index (χ3v) is 4.94. The van der Waals surface area contributed by atoms with Crippen molar-refractivity contribution in [3.05, 3.63) is 71.8 Å². The molecule has 128 valence electrons. The third kappa shape index (κ3) is 4.44. The molecular formula is C19H23NO3S. The first-order valence-electron chi connectivity index (χ1n) is 8.25. The van der Waals surface area contributed by atoms with Gasteiger partial charge in [-0.1, -0.05) is 60.7 Å². The summed E-state index contributed by atoms with van der Waals surface area (Å²) in [5.74, 6) is 0. The molecule has 1 atom stereocenters. The van der Waals surface area contributed by atoms with Crippen LogP contribution in [0.2, 0.25) is 0 Å². The van der Waals surface area contributed by atoms with E-state index in [0.29, 0.717) is 6.54 Å². The van der Waals surface area contributed by atoms with Crippen molar-refractivity contribution in [1.82, 2.24) is 4.90 Å². The number of benzene rings is 2. The van der Waals surface area contributed by atoms with Crippen LogP contribution in [0.1, 0.15) is 30.0 Å². The Morgan fingerprint density at radius 2 is 1.54 bits per heavy atom. The van der Waals surface area contributed by atoms with Crippen LogP contribution in [0.25, 0.3) is 0 Å². The van der Waals surface area contributed by atoms with E-state index in [0.717, 1.165) is 25.6 Å². The van der Waals surface area contributed by atoms with E-state index >= 15 is 0 Å². The molecule has 0 spiro atoms. The topological polar surface area (TPSA) is 46.6 Å². The van der Waals surface area contributed by atoms with Gasteiger partial charge in [0, 0.05) is 6.54 Å². The van der Waals surface area contributed by atoms with Crippen molar-refractivity contribution in [2.45, 2.75) is 25.0 Å². The van der Waals surface area contributed by atoms with Crippen LogP contribution in [0.15, 0.2) is 60.7 Å². The van der Waals surface area contributed by atoms with Crippen molar-refractivity contribution in [2.24, 2.45) is 0 Å². The second-order valence-corrected chi connectivity index (χ2v) is 7.88. The van der Waals surface area contributed by atoms with Crippen LogP contribution in [0.3, 0.4) is 0 Å². The van der Waals surface area contributed by atoms with Gasteiger partial charge < -0.3 is 0 Å². The molecule has 0 N–H and O–H groups in total. The number of rotatable bonds is 5. The van der Waals surface area contributed by atoms with E-state index < -0.39 is 10.1 Å². The Morgan fingerprint density at radius 3 is 2.04 bits per heavy atom. The first-order valence-corrected chi connectivity index (χ1v) is 10.1. The summed E-state index contributed by atoms with van der Waals surface area (Å²) < 4.78 is 28.2. The van der Waals surface area contributed by atoms with Crippen molar-refractivity contribution in [1.29, 1.82) is 0 Å². The highest BCUT2D eigenvalue weighted by Crippen LogP contribution is 2.31. The Hall–Kier alpha value is -1.69. The van der Waals surface area contributed by atoms with Crippen molar-refractivity contribution in [3.8, 4) is 0 Å². The lowest BCUT2D eigenvalue weighted by Crippen LogP contribution is -2.42. The largest absolute Gasteiger partial charge is 0.290 e. The summed E-state index contributed by atoms with van der Waals surface area (Å²) in [6.45, 7) is 1.54. The van der Waals surface area contributed by atoms with Crippen molar-refractivity contribution in [3.63, 3.8) is 0 Å². The summed E-state index contributed by atoms with van der Waals surface area (Å²) in [6.07, 6.45) is 2.55. The summed E-state index contributed by atoms with van der Waals surface area (Å²) in [7, 11) is -3.43. The summed E-state index contributed by atoms with van der Waals surface area (Å²) in [4.78, 5) is 2.32. The van der Waals surface area contributed by atoms with Gasteiger partial charge in [-0.2, -0.15) is 8.42 Å². The second-order valence-electron chi connectivity index (χ2n) is 6.28. The maximum atomic E-state index is 11.5. The summed E-state index contributed by atoms with van der Waals surface area (Å²) >= 11 is 0. The number of likely N-dealkylation sites (tertiary alicyclic amines) is 1. The number of nitrogens with zero attached hydrogens (tertiary/aromatic N) is 1. The van der Waals surface area contributed by atoms with Crippen LogP contribution in [0, 0.1) is 0 Å². The van der Waals surface area contributed by atoms with E-state index in [9.17, 15) is 8.42 Å². The van der Waals surface area contributed by atoms with Gasteiger partial charge >= 0.3 is 0 Å². The molecule has 1 saturated heterocycles. The number of hydrogen-bond donors (Lipinski definition) is 0. The molecule has 2 aromatic carbocycles. The molecule has 4 nitrogen and oxygen atoms in total. The Kier molecular flexibility index (Phi) is 5.33. The fourth-order valence-corrected chi connectivity index (χ4v) is 4.06. The summed E-state index contributed by atoms with van der Waals surface area (Å²) in [6, 6.07) is 20.8. The lowest BCUT2D eigenvalue weighted by molar-refractivity contribution is 0.0761. The number of hydrogen-bond acceptors (Lipinski definition) is 4. The molecule has 0 amide bonds. The molecule has 1 fully saturated rings. The molecule has 1 aliphatic heterocycles. The SMILES string of the molecule is CS(=O)(=O)OC1CCCN(C(c2ccccc2)c2ccccc2)C1. The Balaban J connectivity index is 1.88. The molecule has 0 radical (unpaired) electrons. The maximum Gasteiger partial charge on any atom is 0.264 e. The fourth-order valence-electron chi connectivity index (χ4n) is 3.41. The monoisotopic (exact) mass is 345 g/mol. The molecule has 1 unspecified atom stereocenters. The van der Waals surface area contributed by atoms with Gasteiger partial charge in [0.05, 0.1) is 18.4 Å². The molecule has 2 aromatic rings. The molecular weight excluding hydrogens is 322 g/mol. The zero-order valence-corrected chi connectivity index (χ0v) is 14.7. The zero-order valence-electron chi connectivity index (χ0n) is 13.8. The van der Waals surface area contributed by atoms with E-state index in [1.807, 2.05) is 36.4 Å². The first kappa shape index (κ1) is 17.1. The lowest BCUT2D eigenvalue weighted by atomic mass is 9.94. The van der Waals surface area contributed by atoms with Gasteiger partial charge in [0.1, 0.15) is 0 Å². The average Bonchev–Trinajstić information content (AvgIpc) is 2.56. The molecule has 0 saturated carbocycles. The minimum Gasteiger partial charge on any atom is -0.290 e. The lowest BCUT2D eigenvalue weighted by Gasteiger charge is -2.38.